The predicted octanol–water partition coefficient (Wildman–Crippen LogP) is 3.98. The maximum atomic E-state index is 12.8. The number of nitrogens with one attached hydrogen (secondary N) is 1. The van der Waals surface area contributed by atoms with Crippen molar-refractivity contribution >= 4 is 22.8 Å². The first-order valence-corrected chi connectivity index (χ1v) is 10.1. The summed E-state index contributed by atoms with van der Waals surface area (Å²) in [7, 11) is 1.61. The normalized spacial score (nSPS) is 14.2. The number of amides is 1. The lowest BCUT2D eigenvalue weighted by Gasteiger charge is -2.13. The van der Waals surface area contributed by atoms with Gasteiger partial charge in [0.15, 0.2) is 6.61 Å². The second-order valence-corrected chi connectivity index (χ2v) is 7.57. The van der Waals surface area contributed by atoms with E-state index in [1.54, 1.807) is 13.2 Å². The highest BCUT2D eigenvalue weighted by atomic mass is 16.5. The van der Waals surface area contributed by atoms with E-state index >= 15 is 0 Å². The van der Waals surface area contributed by atoms with Crippen LogP contribution in [-0.4, -0.2) is 36.6 Å². The second kappa shape index (κ2) is 8.53. The van der Waals surface area contributed by atoms with Gasteiger partial charge in [-0.15, -0.1) is 0 Å². The number of rotatable bonds is 7. The maximum absolute atomic E-state index is 12.8. The first-order valence-electron chi connectivity index (χ1n) is 10.1. The molecule has 30 heavy (non-hydrogen) atoms. The molecule has 1 aromatic heterocycles. The Kier molecular flexibility index (Phi) is 5.65. The molecule has 2 aromatic carbocycles. The van der Waals surface area contributed by atoms with E-state index in [9.17, 15) is 9.59 Å². The van der Waals surface area contributed by atoms with Gasteiger partial charge in [-0.2, -0.15) is 0 Å². The molecular weight excluding hydrogens is 380 g/mol. The van der Waals surface area contributed by atoms with Crippen LogP contribution >= 0.6 is 0 Å². The molecule has 0 aliphatic heterocycles. The monoisotopic (exact) mass is 404 g/mol. The number of para-hydroxylation sites is 1. The number of carbonyl (C=O) groups is 2. The Morgan fingerprint density at radius 2 is 1.87 bits per heavy atom. The van der Waals surface area contributed by atoms with Crippen LogP contribution in [0.4, 0.5) is 0 Å². The zero-order valence-corrected chi connectivity index (χ0v) is 17.1. The molecule has 0 radical (unpaired) electrons. The number of benzene rings is 2. The molecule has 1 atom stereocenters. The fourth-order valence-corrected chi connectivity index (χ4v) is 3.47. The Bertz CT molecular complexity index is 1070. The summed E-state index contributed by atoms with van der Waals surface area (Å²) in [6.07, 6.45) is 2.27. The van der Waals surface area contributed by atoms with E-state index in [0.717, 1.165) is 24.2 Å². The predicted molar refractivity (Wildman–Crippen MR) is 114 cm³/mol. The third kappa shape index (κ3) is 4.43. The van der Waals surface area contributed by atoms with Crippen molar-refractivity contribution in [3.05, 3.63) is 60.2 Å². The molecule has 6 heteroatoms. The number of methoxy groups -OCH3 is 1. The molecule has 0 saturated heterocycles. The van der Waals surface area contributed by atoms with E-state index in [1.807, 2.05) is 55.5 Å². The molecule has 4 rings (SSSR count). The van der Waals surface area contributed by atoms with Crippen molar-refractivity contribution in [2.75, 3.05) is 13.7 Å². The van der Waals surface area contributed by atoms with E-state index in [0.29, 0.717) is 28.1 Å². The molecule has 0 unspecified atom stereocenters. The molecule has 1 N–H and O–H groups in total. The minimum absolute atomic E-state index is 0.111. The molecule has 6 nitrogen and oxygen atoms in total. The van der Waals surface area contributed by atoms with Crippen molar-refractivity contribution in [1.82, 2.24) is 10.3 Å². The van der Waals surface area contributed by atoms with Crippen LogP contribution in [0.25, 0.3) is 22.2 Å². The summed E-state index contributed by atoms with van der Waals surface area (Å²) in [6.45, 7) is 1.68. The number of aromatic nitrogens is 1. The van der Waals surface area contributed by atoms with Crippen molar-refractivity contribution in [2.45, 2.75) is 25.8 Å². The lowest BCUT2D eigenvalue weighted by molar-refractivity contribution is -0.124. The first-order chi connectivity index (χ1) is 14.5. The summed E-state index contributed by atoms with van der Waals surface area (Å²) in [5.74, 6) is 0.459. The maximum Gasteiger partial charge on any atom is 0.339 e. The summed E-state index contributed by atoms with van der Waals surface area (Å²) in [5, 5.41) is 3.58. The van der Waals surface area contributed by atoms with Crippen molar-refractivity contribution in [1.29, 1.82) is 0 Å². The number of hydrogen-bond donors (Lipinski definition) is 1. The van der Waals surface area contributed by atoms with Crippen molar-refractivity contribution in [3.63, 3.8) is 0 Å². The Hall–Kier alpha value is -3.41. The van der Waals surface area contributed by atoms with Gasteiger partial charge >= 0.3 is 5.97 Å². The SMILES string of the molecule is COc1ccc(-c2cc(C(=O)OCC(=O)N[C@H](C)C3CC3)c3ccccc3n2)cc1. The number of nitrogens with zero attached hydrogens (tertiary/aromatic N) is 1. The summed E-state index contributed by atoms with van der Waals surface area (Å²) in [5.41, 5.74) is 2.57. The Labute approximate surface area is 175 Å². The quantitative estimate of drug-likeness (QED) is 0.603. The highest BCUT2D eigenvalue weighted by Gasteiger charge is 2.29. The molecule has 0 spiro atoms. The molecule has 3 aromatic rings. The van der Waals surface area contributed by atoms with E-state index in [1.165, 1.54) is 0 Å². The van der Waals surface area contributed by atoms with E-state index in [4.69, 9.17) is 9.47 Å². The van der Waals surface area contributed by atoms with Gasteiger partial charge in [-0.3, -0.25) is 4.79 Å². The van der Waals surface area contributed by atoms with Crippen LogP contribution in [-0.2, 0) is 9.53 Å². The van der Waals surface area contributed by atoms with Gasteiger partial charge in [0.2, 0.25) is 0 Å². The lowest BCUT2D eigenvalue weighted by Crippen LogP contribution is -2.37. The standard InChI is InChI=1S/C24H24N2O4/c1-15(16-7-8-16)25-23(27)14-30-24(28)20-13-22(17-9-11-18(29-2)12-10-17)26-21-6-4-3-5-19(20)21/h3-6,9-13,15-16H,7-8,14H2,1-2H3,(H,25,27)/t15-/m1/s1. The van der Waals surface area contributed by atoms with Crippen LogP contribution in [0.15, 0.2) is 54.6 Å². The number of ether oxygens (including phenoxy) is 2. The number of fused-ring (bicyclic) bond motifs is 1. The third-order valence-corrected chi connectivity index (χ3v) is 5.37. The van der Waals surface area contributed by atoms with Gasteiger partial charge in [-0.25, -0.2) is 9.78 Å². The van der Waals surface area contributed by atoms with Crippen molar-refractivity contribution in [3.8, 4) is 17.0 Å². The largest absolute Gasteiger partial charge is 0.497 e. The van der Waals surface area contributed by atoms with Crippen molar-refractivity contribution in [2.24, 2.45) is 5.92 Å². The molecule has 1 aliphatic rings. The number of esters is 1. The van der Waals surface area contributed by atoms with Gasteiger partial charge in [0.1, 0.15) is 5.75 Å². The van der Waals surface area contributed by atoms with Gasteiger partial charge in [0, 0.05) is 17.0 Å². The smallest absolute Gasteiger partial charge is 0.339 e. The molecule has 1 amide bonds. The van der Waals surface area contributed by atoms with Gasteiger partial charge in [-0.1, -0.05) is 18.2 Å². The van der Waals surface area contributed by atoms with Gasteiger partial charge in [0.05, 0.1) is 23.9 Å². The summed E-state index contributed by atoms with van der Waals surface area (Å²) in [4.78, 5) is 29.6. The van der Waals surface area contributed by atoms with E-state index in [-0.39, 0.29) is 18.6 Å². The van der Waals surface area contributed by atoms with Gasteiger partial charge in [-0.05, 0) is 62.1 Å². The van der Waals surface area contributed by atoms with Crippen LogP contribution in [0.5, 0.6) is 5.75 Å². The zero-order chi connectivity index (χ0) is 21.1. The molecule has 0 bridgehead atoms. The molecule has 154 valence electrons. The van der Waals surface area contributed by atoms with E-state index < -0.39 is 5.97 Å². The first kappa shape index (κ1) is 19.9. The summed E-state index contributed by atoms with van der Waals surface area (Å²) >= 11 is 0. The number of pyridine rings is 1. The second-order valence-electron chi connectivity index (χ2n) is 7.57. The van der Waals surface area contributed by atoms with Crippen molar-refractivity contribution < 1.29 is 19.1 Å². The number of carbonyl (C=O) groups excluding carboxylic acids is 2. The summed E-state index contributed by atoms with van der Waals surface area (Å²) < 4.78 is 10.5. The van der Waals surface area contributed by atoms with Crippen LogP contribution in [0, 0.1) is 5.92 Å². The zero-order valence-electron chi connectivity index (χ0n) is 17.1. The average Bonchev–Trinajstić information content (AvgIpc) is 3.62. The van der Waals surface area contributed by atoms with E-state index in [2.05, 4.69) is 10.3 Å². The van der Waals surface area contributed by atoms with Gasteiger partial charge < -0.3 is 14.8 Å². The molecule has 1 fully saturated rings. The Morgan fingerprint density at radius 1 is 1.13 bits per heavy atom. The topological polar surface area (TPSA) is 77.5 Å². The number of hydrogen-bond acceptors (Lipinski definition) is 5. The highest BCUT2D eigenvalue weighted by Crippen LogP contribution is 2.32. The summed E-state index contributed by atoms with van der Waals surface area (Å²) in [6, 6.07) is 16.7. The van der Waals surface area contributed by atoms with Gasteiger partial charge in [0.25, 0.3) is 5.91 Å². The lowest BCUT2D eigenvalue weighted by atomic mass is 10.0. The third-order valence-electron chi connectivity index (χ3n) is 5.37. The minimum Gasteiger partial charge on any atom is -0.497 e. The fourth-order valence-electron chi connectivity index (χ4n) is 3.47. The van der Waals surface area contributed by atoms with Crippen LogP contribution in [0.2, 0.25) is 0 Å². The van der Waals surface area contributed by atoms with Crippen LogP contribution < -0.4 is 10.1 Å². The Morgan fingerprint density at radius 3 is 2.57 bits per heavy atom. The minimum atomic E-state index is -0.544. The van der Waals surface area contributed by atoms with Crippen LogP contribution in [0.1, 0.15) is 30.1 Å². The highest BCUT2D eigenvalue weighted by molar-refractivity contribution is 6.05. The molecule has 1 aliphatic carbocycles. The molecular formula is C24H24N2O4. The average molecular weight is 404 g/mol. The van der Waals surface area contributed by atoms with Crippen LogP contribution in [0.3, 0.4) is 0 Å². The fraction of sp³-hybridized carbons (Fsp3) is 0.292. The Balaban J connectivity index is 1.56. The molecule has 1 heterocycles. The molecule has 1 saturated carbocycles.